The Kier molecular flexibility index (Phi) is 15.1. The lowest BCUT2D eigenvalue weighted by Gasteiger charge is -2.52. The van der Waals surface area contributed by atoms with E-state index >= 15 is 0 Å². The molecule has 0 unspecified atom stereocenters. The summed E-state index contributed by atoms with van der Waals surface area (Å²) in [5.41, 5.74) is 1.68. The number of halogens is 1. The maximum absolute atomic E-state index is 13.7. The van der Waals surface area contributed by atoms with Crippen molar-refractivity contribution in [1.82, 2.24) is 9.62 Å². The summed E-state index contributed by atoms with van der Waals surface area (Å²) in [4.78, 5) is 41.2. The number of carbonyl (C=O) groups excluding carboxylic acids is 3. The van der Waals surface area contributed by atoms with Crippen molar-refractivity contribution in [2.45, 2.75) is 108 Å². The molecule has 12 nitrogen and oxygen atoms in total. The van der Waals surface area contributed by atoms with Crippen LogP contribution in [0.25, 0.3) is 0 Å². The number of rotatable bonds is 10. The predicted molar refractivity (Wildman–Crippen MR) is 213 cm³/mol. The van der Waals surface area contributed by atoms with E-state index in [-0.39, 0.29) is 50.4 Å². The van der Waals surface area contributed by atoms with Gasteiger partial charge in [-0.25, -0.2) is 22.7 Å². The summed E-state index contributed by atoms with van der Waals surface area (Å²) < 4.78 is 59.4. The third-order valence-electron chi connectivity index (χ3n) is 12.0. The van der Waals surface area contributed by atoms with Gasteiger partial charge in [0.2, 0.25) is 10.0 Å². The van der Waals surface area contributed by atoms with Crippen LogP contribution >= 0.6 is 11.6 Å². The zero-order valence-corrected chi connectivity index (χ0v) is 34.9. The lowest BCUT2D eigenvalue weighted by molar-refractivity contribution is -0.191. The van der Waals surface area contributed by atoms with Crippen LogP contribution in [0.4, 0.5) is 0 Å². The second-order valence-corrected chi connectivity index (χ2v) is 17.9. The van der Waals surface area contributed by atoms with Gasteiger partial charge >= 0.3 is 11.9 Å². The van der Waals surface area contributed by atoms with Crippen LogP contribution in [0.15, 0.2) is 54.0 Å². The molecule has 56 heavy (non-hydrogen) atoms. The highest BCUT2D eigenvalue weighted by Gasteiger charge is 2.51. The fraction of sp³-hybridized carbons (Fsp3) is 0.643. The molecule has 0 radical (unpaired) electrons. The molecule has 4 aliphatic rings. The molecule has 1 aromatic rings. The summed E-state index contributed by atoms with van der Waals surface area (Å²) in [7, 11) is -4.05. The average Bonchev–Trinajstić information content (AvgIpc) is 3.26. The smallest absolute Gasteiger partial charge is 0.332 e. The van der Waals surface area contributed by atoms with Gasteiger partial charge in [-0.2, -0.15) is 0 Å². The van der Waals surface area contributed by atoms with Gasteiger partial charge in [-0.05, 0) is 113 Å². The lowest BCUT2D eigenvalue weighted by atomic mass is 9.63. The number of benzene rings is 1. The molecule has 2 aliphatic heterocycles. The minimum Gasteiger partial charge on any atom is -0.491 e. The van der Waals surface area contributed by atoms with Crippen molar-refractivity contribution in [2.24, 2.45) is 11.8 Å². The molecule has 2 fully saturated rings. The molecule has 2 aliphatic carbocycles. The monoisotopic (exact) mass is 818 g/mol. The molecule has 2 heterocycles. The first-order valence-corrected chi connectivity index (χ1v) is 22.1. The molecular formula is C42H59ClN2O10S. The van der Waals surface area contributed by atoms with Crippen molar-refractivity contribution in [2.75, 3.05) is 52.7 Å². The molecule has 1 saturated carbocycles. The van der Waals surface area contributed by atoms with Gasteiger partial charge in [-0.3, -0.25) is 4.79 Å². The summed E-state index contributed by atoms with van der Waals surface area (Å²) in [5.74, 6) is -1.39. The Balaban J connectivity index is 1.61. The van der Waals surface area contributed by atoms with Crippen LogP contribution in [0.2, 0.25) is 5.02 Å². The zero-order chi connectivity index (χ0) is 40.5. The number of allylic oxidation sites excluding steroid dienone is 1. The highest BCUT2D eigenvalue weighted by Crippen LogP contribution is 2.49. The number of sulfonamides is 1. The van der Waals surface area contributed by atoms with Gasteiger partial charge in [-0.15, -0.1) is 0 Å². The molecule has 0 aromatic heterocycles. The van der Waals surface area contributed by atoms with Gasteiger partial charge in [0, 0.05) is 29.1 Å². The number of nitrogens with one attached hydrogen (secondary N) is 1. The summed E-state index contributed by atoms with van der Waals surface area (Å²) in [6.07, 6.45) is 9.74. The number of carbonyl (C=O) groups is 3. The van der Waals surface area contributed by atoms with Crippen LogP contribution in [-0.4, -0.2) is 94.7 Å². The number of ether oxygens (including phenoxy) is 5. The number of fused-ring (bicyclic) bond motifs is 4. The first-order valence-electron chi connectivity index (χ1n) is 20.1. The number of hydrogen-bond donors (Lipinski definition) is 1. The van der Waals surface area contributed by atoms with E-state index in [2.05, 4.69) is 22.3 Å². The topological polar surface area (TPSA) is 147 Å². The van der Waals surface area contributed by atoms with E-state index in [1.54, 1.807) is 39.8 Å². The van der Waals surface area contributed by atoms with Crippen LogP contribution in [0.1, 0.15) is 96.6 Å². The highest BCUT2D eigenvalue weighted by atomic mass is 35.5. The van der Waals surface area contributed by atoms with Crippen LogP contribution < -0.4 is 4.72 Å². The normalized spacial score (nSPS) is 29.9. The quantitative estimate of drug-likeness (QED) is 0.209. The Hall–Kier alpha value is -3.39. The number of amides is 1. The molecule has 0 bridgehead atoms. The molecule has 310 valence electrons. The van der Waals surface area contributed by atoms with E-state index in [0.29, 0.717) is 68.3 Å². The van der Waals surface area contributed by atoms with Crippen molar-refractivity contribution < 1.29 is 46.5 Å². The molecule has 1 spiro atoms. The molecule has 5 rings (SSSR count). The van der Waals surface area contributed by atoms with Crippen LogP contribution in [0, 0.1) is 11.8 Å². The van der Waals surface area contributed by atoms with E-state index in [1.807, 2.05) is 12.1 Å². The Morgan fingerprint density at radius 2 is 1.80 bits per heavy atom. The minimum atomic E-state index is -4.05. The van der Waals surface area contributed by atoms with Crippen molar-refractivity contribution in [3.8, 4) is 0 Å². The molecular weight excluding hydrogens is 760 g/mol. The van der Waals surface area contributed by atoms with Gasteiger partial charge in [-0.1, -0.05) is 50.1 Å². The van der Waals surface area contributed by atoms with Gasteiger partial charge in [0.25, 0.3) is 5.91 Å². The summed E-state index contributed by atoms with van der Waals surface area (Å²) in [6.45, 7) is 12.6. The molecule has 14 heteroatoms. The van der Waals surface area contributed by atoms with E-state index < -0.39 is 44.1 Å². The minimum absolute atomic E-state index is 0.0251. The summed E-state index contributed by atoms with van der Waals surface area (Å²) >= 11 is 6.48. The van der Waals surface area contributed by atoms with Crippen LogP contribution in [0.3, 0.4) is 0 Å². The van der Waals surface area contributed by atoms with E-state index in [4.69, 9.17) is 35.3 Å². The third-order valence-corrected chi connectivity index (χ3v) is 14.1. The fourth-order valence-corrected chi connectivity index (χ4v) is 10.6. The van der Waals surface area contributed by atoms with Gasteiger partial charge in [0.15, 0.2) is 0 Å². The third kappa shape index (κ3) is 10.2. The van der Waals surface area contributed by atoms with Gasteiger partial charge in [0.05, 0.1) is 43.0 Å². The van der Waals surface area contributed by atoms with Gasteiger partial charge < -0.3 is 28.6 Å². The highest BCUT2D eigenvalue weighted by molar-refractivity contribution is 7.90. The number of aryl methyl sites for hydroxylation is 1. The lowest BCUT2D eigenvalue weighted by Crippen LogP contribution is -2.56. The molecule has 5 atom stereocenters. The maximum Gasteiger partial charge on any atom is 0.332 e. The molecule has 1 N–H and O–H groups in total. The fourth-order valence-electron chi connectivity index (χ4n) is 9.00. The molecule has 1 amide bonds. The standard InChI is InChI=1S/C42H59ClN2O10S/c1-6-30-22-37-29(5)54-27-41(19-12-13-31-21-33(43)16-18-35(31)41)26-45(37)23-32-15-17-36(32)42(55-25-39(47)53-9-4,28-51-24-38(46)52-8-3)20-11-10-14-34(7-2)56(49,50)44-40(30)48/h6,16,18,21-22,32,34,36H,5,7-15,17,19-20,23-28H2,1-4H3,(H,44,48)/b30-6+,37-22+/t32-,34+,36+,41-,42-/m0/s1. The van der Waals surface area contributed by atoms with Crippen LogP contribution in [0.5, 0.6) is 0 Å². The Morgan fingerprint density at radius 1 is 1.05 bits per heavy atom. The molecule has 1 aromatic carbocycles. The Bertz CT molecular complexity index is 1780. The van der Waals surface area contributed by atoms with E-state index in [0.717, 1.165) is 32.1 Å². The van der Waals surface area contributed by atoms with Gasteiger partial charge in [0.1, 0.15) is 19.0 Å². The van der Waals surface area contributed by atoms with Crippen molar-refractivity contribution in [1.29, 1.82) is 0 Å². The summed E-state index contributed by atoms with van der Waals surface area (Å²) in [5, 5.41) is -0.139. The largest absolute Gasteiger partial charge is 0.491 e. The number of esters is 2. The predicted octanol–water partition coefficient (Wildman–Crippen LogP) is 6.31. The number of hydrogen-bond acceptors (Lipinski definition) is 11. The Labute approximate surface area is 337 Å². The van der Waals surface area contributed by atoms with Crippen LogP contribution in [-0.2, 0) is 59.9 Å². The summed E-state index contributed by atoms with van der Waals surface area (Å²) in [6, 6.07) is 6.04. The zero-order valence-electron chi connectivity index (χ0n) is 33.4. The second-order valence-electron chi connectivity index (χ2n) is 15.5. The first-order chi connectivity index (χ1) is 26.8. The molecule has 1 saturated heterocycles. The maximum atomic E-state index is 13.7. The second kappa shape index (κ2) is 19.4. The average molecular weight is 819 g/mol. The van der Waals surface area contributed by atoms with Crippen molar-refractivity contribution >= 4 is 39.5 Å². The van der Waals surface area contributed by atoms with Crippen molar-refractivity contribution in [3.05, 3.63) is 70.1 Å². The van der Waals surface area contributed by atoms with Crippen molar-refractivity contribution in [3.63, 3.8) is 0 Å². The number of nitrogens with zero attached hydrogens (tertiary/aromatic N) is 1. The first kappa shape index (κ1) is 43.7. The SMILES string of the molecule is C=C1OC[C@]2(CCCc3cc(Cl)ccc32)CN2C[C@@H]3CC[C@H]3[C@](COCC(=O)OCC)(OCC(=O)OCC)CCCC[C@@H](CC)S(=O)(=O)NC(=O)C(=C/C)/C=C\12. The van der Waals surface area contributed by atoms with E-state index in [1.165, 1.54) is 11.1 Å². The van der Waals surface area contributed by atoms with E-state index in [9.17, 15) is 22.8 Å². The Morgan fingerprint density at radius 3 is 2.48 bits per heavy atom.